The first-order valence-corrected chi connectivity index (χ1v) is 4.15. The molecule has 0 saturated heterocycles. The van der Waals surface area contributed by atoms with Crippen molar-refractivity contribution in [1.29, 1.82) is 0 Å². The van der Waals surface area contributed by atoms with Crippen LogP contribution in [0.1, 0.15) is 32.2 Å². The highest BCUT2D eigenvalue weighted by Crippen LogP contribution is 2.12. The van der Waals surface area contributed by atoms with Gasteiger partial charge < -0.3 is 4.42 Å². The maximum Gasteiger partial charge on any atom is 0.181 e. The lowest BCUT2D eigenvalue weighted by Crippen LogP contribution is -1.96. The van der Waals surface area contributed by atoms with E-state index in [2.05, 4.69) is 25.8 Å². The van der Waals surface area contributed by atoms with Crippen molar-refractivity contribution in [2.45, 2.75) is 33.6 Å². The summed E-state index contributed by atoms with van der Waals surface area (Å²) in [6.45, 7) is 6.46. The van der Waals surface area contributed by atoms with E-state index in [0.717, 1.165) is 24.3 Å². The van der Waals surface area contributed by atoms with E-state index < -0.39 is 0 Å². The zero-order valence-electron chi connectivity index (χ0n) is 7.42. The summed E-state index contributed by atoms with van der Waals surface area (Å²) < 4.78 is 5.26. The minimum Gasteiger partial charge on any atom is -0.448 e. The van der Waals surface area contributed by atoms with E-state index in [4.69, 9.17) is 4.42 Å². The van der Waals surface area contributed by atoms with E-state index >= 15 is 0 Å². The van der Waals surface area contributed by atoms with Gasteiger partial charge in [0.25, 0.3) is 0 Å². The van der Waals surface area contributed by atoms with E-state index in [9.17, 15) is 0 Å². The van der Waals surface area contributed by atoms with Gasteiger partial charge in [0.1, 0.15) is 5.76 Å². The van der Waals surface area contributed by atoms with Gasteiger partial charge in [0.2, 0.25) is 0 Å². The Labute approximate surface area is 67.6 Å². The molecule has 1 aromatic heterocycles. The normalized spacial score (nSPS) is 10.9. The van der Waals surface area contributed by atoms with Crippen LogP contribution in [-0.2, 0) is 12.8 Å². The van der Waals surface area contributed by atoms with Crippen LogP contribution in [0.3, 0.4) is 0 Å². The fraction of sp³-hybridized carbons (Fsp3) is 0.667. The summed E-state index contributed by atoms with van der Waals surface area (Å²) in [4.78, 5) is 4.12. The first kappa shape index (κ1) is 8.31. The minimum atomic E-state index is 0.647. The Morgan fingerprint density at radius 1 is 1.55 bits per heavy atom. The summed E-state index contributed by atoms with van der Waals surface area (Å²) in [5.41, 5.74) is 1.11. The van der Waals surface area contributed by atoms with Crippen molar-refractivity contribution < 1.29 is 4.42 Å². The molecule has 0 radical (unpaired) electrons. The third-order valence-electron chi connectivity index (χ3n) is 1.65. The Morgan fingerprint density at radius 2 is 2.27 bits per heavy atom. The van der Waals surface area contributed by atoms with Crippen LogP contribution in [0, 0.1) is 5.92 Å². The molecule has 0 aliphatic carbocycles. The molecule has 0 aliphatic rings. The van der Waals surface area contributed by atoms with Crippen LogP contribution in [0.5, 0.6) is 0 Å². The lowest BCUT2D eigenvalue weighted by molar-refractivity contribution is 0.466. The fourth-order valence-electron chi connectivity index (χ4n) is 1.12. The number of aryl methyl sites for hydroxylation is 1. The highest BCUT2D eigenvalue weighted by Gasteiger charge is 2.07. The average Bonchev–Trinajstić information content (AvgIpc) is 2.34. The van der Waals surface area contributed by atoms with Crippen LogP contribution in [-0.4, -0.2) is 4.98 Å². The predicted octanol–water partition coefficient (Wildman–Crippen LogP) is 2.44. The van der Waals surface area contributed by atoms with Crippen molar-refractivity contribution in [3.05, 3.63) is 17.8 Å². The quantitative estimate of drug-likeness (QED) is 0.666. The van der Waals surface area contributed by atoms with Gasteiger partial charge in [-0.15, -0.1) is 0 Å². The minimum absolute atomic E-state index is 0.647. The molecular weight excluding hydrogens is 138 g/mol. The summed E-state index contributed by atoms with van der Waals surface area (Å²) >= 11 is 0. The van der Waals surface area contributed by atoms with Gasteiger partial charge in [-0.3, -0.25) is 0 Å². The Hall–Kier alpha value is -0.790. The predicted molar refractivity (Wildman–Crippen MR) is 44.4 cm³/mol. The molecule has 0 bridgehead atoms. The molecule has 1 rings (SSSR count). The lowest BCUT2D eigenvalue weighted by Gasteiger charge is -2.01. The SMILES string of the molecule is CCc1ncoc1CC(C)C. The van der Waals surface area contributed by atoms with Crippen molar-refractivity contribution in [1.82, 2.24) is 4.98 Å². The molecule has 2 nitrogen and oxygen atoms in total. The molecule has 0 aromatic carbocycles. The summed E-state index contributed by atoms with van der Waals surface area (Å²) in [5, 5.41) is 0. The van der Waals surface area contributed by atoms with Gasteiger partial charge in [-0.2, -0.15) is 0 Å². The monoisotopic (exact) mass is 153 g/mol. The second-order valence-electron chi connectivity index (χ2n) is 3.17. The average molecular weight is 153 g/mol. The van der Waals surface area contributed by atoms with Crippen molar-refractivity contribution in [2.24, 2.45) is 5.92 Å². The largest absolute Gasteiger partial charge is 0.448 e. The maximum atomic E-state index is 5.26. The molecule has 2 heteroatoms. The molecule has 62 valence electrons. The van der Waals surface area contributed by atoms with Crippen LogP contribution in [0.25, 0.3) is 0 Å². The van der Waals surface area contributed by atoms with E-state index in [-0.39, 0.29) is 0 Å². The van der Waals surface area contributed by atoms with Gasteiger partial charge in [0.05, 0.1) is 5.69 Å². The van der Waals surface area contributed by atoms with Crippen molar-refractivity contribution >= 4 is 0 Å². The highest BCUT2D eigenvalue weighted by molar-refractivity contribution is 5.07. The van der Waals surface area contributed by atoms with Crippen LogP contribution in [0.4, 0.5) is 0 Å². The molecule has 11 heavy (non-hydrogen) atoms. The second kappa shape index (κ2) is 3.56. The fourth-order valence-corrected chi connectivity index (χ4v) is 1.12. The highest BCUT2D eigenvalue weighted by atomic mass is 16.3. The first-order valence-electron chi connectivity index (χ1n) is 4.15. The van der Waals surface area contributed by atoms with Gasteiger partial charge in [-0.25, -0.2) is 4.98 Å². The Bertz CT molecular complexity index is 215. The summed E-state index contributed by atoms with van der Waals surface area (Å²) in [6, 6.07) is 0. The zero-order valence-corrected chi connectivity index (χ0v) is 7.42. The van der Waals surface area contributed by atoms with Crippen LogP contribution in [0.2, 0.25) is 0 Å². The first-order chi connectivity index (χ1) is 5.24. The molecule has 0 saturated carbocycles. The Kier molecular flexibility index (Phi) is 2.69. The maximum absolute atomic E-state index is 5.26. The summed E-state index contributed by atoms with van der Waals surface area (Å²) in [5.74, 6) is 1.70. The summed E-state index contributed by atoms with van der Waals surface area (Å²) in [6.07, 6.45) is 3.51. The van der Waals surface area contributed by atoms with Crippen molar-refractivity contribution in [2.75, 3.05) is 0 Å². The third-order valence-corrected chi connectivity index (χ3v) is 1.65. The molecule has 0 unspecified atom stereocenters. The summed E-state index contributed by atoms with van der Waals surface area (Å²) in [7, 11) is 0. The Balaban J connectivity index is 2.68. The molecule has 0 N–H and O–H groups in total. The zero-order chi connectivity index (χ0) is 8.27. The van der Waals surface area contributed by atoms with Crippen molar-refractivity contribution in [3.8, 4) is 0 Å². The number of nitrogens with zero attached hydrogens (tertiary/aromatic N) is 1. The van der Waals surface area contributed by atoms with E-state index in [1.165, 1.54) is 6.39 Å². The molecular formula is C9H15NO. The molecule has 0 amide bonds. The van der Waals surface area contributed by atoms with Crippen LogP contribution >= 0.6 is 0 Å². The van der Waals surface area contributed by atoms with Gasteiger partial charge in [0, 0.05) is 6.42 Å². The van der Waals surface area contributed by atoms with E-state index in [1.807, 2.05) is 0 Å². The second-order valence-corrected chi connectivity index (χ2v) is 3.17. The Morgan fingerprint density at radius 3 is 2.82 bits per heavy atom. The number of rotatable bonds is 3. The van der Waals surface area contributed by atoms with Crippen molar-refractivity contribution in [3.63, 3.8) is 0 Å². The van der Waals surface area contributed by atoms with Gasteiger partial charge in [0.15, 0.2) is 6.39 Å². The standard InChI is InChI=1S/C9H15NO/c1-4-8-9(5-7(2)3)11-6-10-8/h6-7H,4-5H2,1-3H3. The molecule has 0 fully saturated rings. The van der Waals surface area contributed by atoms with E-state index in [0.29, 0.717) is 5.92 Å². The van der Waals surface area contributed by atoms with E-state index in [1.54, 1.807) is 0 Å². The smallest absolute Gasteiger partial charge is 0.181 e. The number of oxazole rings is 1. The molecule has 1 heterocycles. The molecule has 1 aromatic rings. The number of aromatic nitrogens is 1. The van der Waals surface area contributed by atoms with Crippen LogP contribution < -0.4 is 0 Å². The van der Waals surface area contributed by atoms with Gasteiger partial charge in [-0.05, 0) is 12.3 Å². The molecule has 0 aliphatic heterocycles. The molecule has 0 atom stereocenters. The van der Waals surface area contributed by atoms with Crippen LogP contribution in [0.15, 0.2) is 10.8 Å². The number of hydrogen-bond donors (Lipinski definition) is 0. The topological polar surface area (TPSA) is 26.0 Å². The van der Waals surface area contributed by atoms with Gasteiger partial charge in [-0.1, -0.05) is 20.8 Å². The third kappa shape index (κ3) is 2.07. The molecule has 0 spiro atoms. The number of hydrogen-bond acceptors (Lipinski definition) is 2. The lowest BCUT2D eigenvalue weighted by atomic mass is 10.1. The van der Waals surface area contributed by atoms with Gasteiger partial charge >= 0.3 is 0 Å².